The molecule has 3 heteroatoms. The number of hydrogen-bond donors (Lipinski definition) is 1. The van der Waals surface area contributed by atoms with E-state index < -0.39 is 0 Å². The van der Waals surface area contributed by atoms with Crippen LogP contribution >= 0.6 is 0 Å². The van der Waals surface area contributed by atoms with Crippen LogP contribution < -0.4 is 0 Å². The molecule has 1 aromatic rings. The van der Waals surface area contributed by atoms with Crippen molar-refractivity contribution in [1.82, 2.24) is 4.90 Å². The van der Waals surface area contributed by atoms with Gasteiger partial charge >= 0.3 is 0 Å². The van der Waals surface area contributed by atoms with Crippen LogP contribution in [0.1, 0.15) is 44.1 Å². The molecule has 1 saturated heterocycles. The van der Waals surface area contributed by atoms with Crippen molar-refractivity contribution in [2.24, 2.45) is 0 Å². The summed E-state index contributed by atoms with van der Waals surface area (Å²) < 4.78 is 13.0. The van der Waals surface area contributed by atoms with Crippen molar-refractivity contribution in [3.05, 3.63) is 35.6 Å². The maximum absolute atomic E-state index is 13.0. The van der Waals surface area contributed by atoms with Gasteiger partial charge in [0.05, 0.1) is 6.10 Å². The second-order valence-corrected chi connectivity index (χ2v) is 6.28. The highest BCUT2D eigenvalue weighted by Gasteiger charge is 2.35. The van der Waals surface area contributed by atoms with E-state index in [2.05, 4.69) is 4.90 Å². The van der Waals surface area contributed by atoms with Gasteiger partial charge in [0.2, 0.25) is 0 Å². The van der Waals surface area contributed by atoms with Gasteiger partial charge in [-0.1, -0.05) is 25.0 Å². The van der Waals surface area contributed by atoms with Crippen LogP contribution in [0.2, 0.25) is 0 Å². The van der Waals surface area contributed by atoms with Crippen molar-refractivity contribution in [2.45, 2.75) is 63.1 Å². The van der Waals surface area contributed by atoms with Crippen molar-refractivity contribution in [3.63, 3.8) is 0 Å². The highest BCUT2D eigenvalue weighted by molar-refractivity contribution is 5.18. The van der Waals surface area contributed by atoms with E-state index in [4.69, 9.17) is 0 Å². The molecule has 2 atom stereocenters. The first kappa shape index (κ1) is 14.0. The van der Waals surface area contributed by atoms with Crippen LogP contribution in [0.5, 0.6) is 0 Å². The van der Waals surface area contributed by atoms with E-state index in [0.717, 1.165) is 31.4 Å². The van der Waals surface area contributed by atoms with Crippen LogP contribution in [0.15, 0.2) is 24.3 Å². The lowest BCUT2D eigenvalue weighted by Crippen LogP contribution is -2.53. The molecular formula is C17H24FNO. The van der Waals surface area contributed by atoms with Crippen LogP contribution in [0.25, 0.3) is 0 Å². The van der Waals surface area contributed by atoms with Gasteiger partial charge < -0.3 is 5.11 Å². The molecule has 2 aliphatic rings. The predicted molar refractivity (Wildman–Crippen MR) is 78.1 cm³/mol. The average Bonchev–Trinajstić information content (AvgIpc) is 2.97. The quantitative estimate of drug-likeness (QED) is 0.917. The minimum absolute atomic E-state index is 0.189. The topological polar surface area (TPSA) is 23.5 Å². The van der Waals surface area contributed by atoms with Crippen molar-refractivity contribution in [1.29, 1.82) is 0 Å². The van der Waals surface area contributed by atoms with Gasteiger partial charge in [-0.3, -0.25) is 4.90 Å². The summed E-state index contributed by atoms with van der Waals surface area (Å²) in [5, 5.41) is 10.4. The standard InChI is InChI=1S/C17H24FNO/c18-14-9-7-13(8-10-14)12-16-17(20)6-3-11-19(16)15-4-1-2-5-15/h7-10,15-17,20H,1-6,11-12H2/t16-,17-/m0/s1. The monoisotopic (exact) mass is 277 g/mol. The summed E-state index contributed by atoms with van der Waals surface area (Å²) >= 11 is 0. The number of aliphatic hydroxyl groups is 1. The molecule has 0 unspecified atom stereocenters. The van der Waals surface area contributed by atoms with Gasteiger partial charge in [-0.05, 0) is 56.3 Å². The molecule has 0 radical (unpaired) electrons. The van der Waals surface area contributed by atoms with E-state index >= 15 is 0 Å². The lowest BCUT2D eigenvalue weighted by molar-refractivity contribution is -0.0108. The number of piperidine rings is 1. The maximum atomic E-state index is 13.0. The molecule has 3 rings (SSSR count). The lowest BCUT2D eigenvalue weighted by Gasteiger charge is -2.43. The lowest BCUT2D eigenvalue weighted by atomic mass is 9.91. The number of rotatable bonds is 3. The Balaban J connectivity index is 1.73. The zero-order valence-corrected chi connectivity index (χ0v) is 12.0. The van der Waals surface area contributed by atoms with Crippen molar-refractivity contribution < 1.29 is 9.50 Å². The van der Waals surface area contributed by atoms with E-state index in [-0.39, 0.29) is 18.0 Å². The first-order valence-electron chi connectivity index (χ1n) is 7.92. The molecule has 2 nitrogen and oxygen atoms in total. The van der Waals surface area contributed by atoms with Gasteiger partial charge in [0, 0.05) is 12.1 Å². The van der Waals surface area contributed by atoms with Gasteiger partial charge in [-0.25, -0.2) is 4.39 Å². The molecule has 0 amide bonds. The summed E-state index contributed by atoms with van der Waals surface area (Å²) in [4.78, 5) is 2.53. The summed E-state index contributed by atoms with van der Waals surface area (Å²) in [5.41, 5.74) is 1.13. The molecule has 110 valence electrons. The van der Waals surface area contributed by atoms with Crippen LogP contribution in [-0.2, 0) is 6.42 Å². The van der Waals surface area contributed by atoms with Crippen molar-refractivity contribution in [2.75, 3.05) is 6.54 Å². The summed E-state index contributed by atoms with van der Waals surface area (Å²) in [5.74, 6) is -0.189. The second-order valence-electron chi connectivity index (χ2n) is 6.28. The van der Waals surface area contributed by atoms with Crippen LogP contribution in [0.4, 0.5) is 4.39 Å². The van der Waals surface area contributed by atoms with Crippen molar-refractivity contribution in [3.8, 4) is 0 Å². The third-order valence-corrected chi connectivity index (χ3v) is 4.94. The molecule has 0 bridgehead atoms. The minimum Gasteiger partial charge on any atom is -0.391 e. The minimum atomic E-state index is -0.241. The summed E-state index contributed by atoms with van der Waals surface area (Å²) in [7, 11) is 0. The Labute approximate surface area is 120 Å². The van der Waals surface area contributed by atoms with Gasteiger partial charge in [0.25, 0.3) is 0 Å². The van der Waals surface area contributed by atoms with E-state index in [1.807, 2.05) is 12.1 Å². The molecule has 1 aliphatic carbocycles. The molecule has 1 heterocycles. The molecule has 1 aliphatic heterocycles. The zero-order chi connectivity index (χ0) is 13.9. The molecule has 1 saturated carbocycles. The number of hydrogen-bond acceptors (Lipinski definition) is 2. The summed E-state index contributed by atoms with van der Waals surface area (Å²) in [6.07, 6.45) is 7.76. The van der Waals surface area contributed by atoms with Gasteiger partial charge in [0.15, 0.2) is 0 Å². The summed E-state index contributed by atoms with van der Waals surface area (Å²) in [6.45, 7) is 1.10. The zero-order valence-electron chi connectivity index (χ0n) is 12.0. The number of likely N-dealkylation sites (tertiary alicyclic amines) is 1. The Morgan fingerprint density at radius 3 is 2.45 bits per heavy atom. The Hall–Kier alpha value is -0.930. The van der Waals surface area contributed by atoms with E-state index in [1.165, 1.54) is 37.8 Å². The molecular weight excluding hydrogens is 253 g/mol. The Morgan fingerprint density at radius 2 is 1.75 bits per heavy atom. The Bertz CT molecular complexity index is 427. The highest BCUT2D eigenvalue weighted by Crippen LogP contribution is 2.31. The van der Waals surface area contributed by atoms with Crippen LogP contribution in [-0.4, -0.2) is 34.7 Å². The predicted octanol–water partition coefficient (Wildman–Crippen LogP) is 3.14. The van der Waals surface area contributed by atoms with Gasteiger partial charge in [-0.2, -0.15) is 0 Å². The largest absolute Gasteiger partial charge is 0.391 e. The molecule has 0 aromatic heterocycles. The van der Waals surface area contributed by atoms with E-state index in [1.54, 1.807) is 0 Å². The van der Waals surface area contributed by atoms with Crippen molar-refractivity contribution >= 4 is 0 Å². The smallest absolute Gasteiger partial charge is 0.123 e. The number of benzene rings is 1. The Kier molecular flexibility index (Phi) is 4.37. The third-order valence-electron chi connectivity index (χ3n) is 4.94. The fourth-order valence-electron chi connectivity index (χ4n) is 3.87. The molecule has 0 spiro atoms. The van der Waals surface area contributed by atoms with Crippen LogP contribution in [0.3, 0.4) is 0 Å². The normalized spacial score (nSPS) is 28.9. The average molecular weight is 277 g/mol. The number of halogens is 1. The van der Waals surface area contributed by atoms with Gasteiger partial charge in [-0.15, -0.1) is 0 Å². The SMILES string of the molecule is O[C@H]1CCCN(C2CCCC2)[C@H]1Cc1ccc(F)cc1. The third kappa shape index (κ3) is 3.04. The number of aliphatic hydroxyl groups excluding tert-OH is 1. The first-order chi connectivity index (χ1) is 9.74. The fraction of sp³-hybridized carbons (Fsp3) is 0.647. The first-order valence-corrected chi connectivity index (χ1v) is 7.92. The van der Waals surface area contributed by atoms with E-state index in [9.17, 15) is 9.50 Å². The maximum Gasteiger partial charge on any atom is 0.123 e. The molecule has 20 heavy (non-hydrogen) atoms. The molecule has 1 aromatic carbocycles. The summed E-state index contributed by atoms with van der Waals surface area (Å²) in [6, 6.07) is 7.59. The molecule has 2 fully saturated rings. The second kappa shape index (κ2) is 6.23. The highest BCUT2D eigenvalue weighted by atomic mass is 19.1. The van der Waals surface area contributed by atoms with Crippen LogP contribution in [0, 0.1) is 5.82 Å². The molecule has 1 N–H and O–H groups in total. The number of nitrogens with zero attached hydrogens (tertiary/aromatic N) is 1. The Morgan fingerprint density at radius 1 is 1.05 bits per heavy atom. The van der Waals surface area contributed by atoms with E-state index in [0.29, 0.717) is 6.04 Å². The van der Waals surface area contributed by atoms with Gasteiger partial charge in [0.1, 0.15) is 5.82 Å². The fourth-order valence-corrected chi connectivity index (χ4v) is 3.87.